The van der Waals surface area contributed by atoms with Crippen molar-refractivity contribution < 1.29 is 9.90 Å². The first kappa shape index (κ1) is 13.9. The predicted octanol–water partition coefficient (Wildman–Crippen LogP) is 1.96. The van der Waals surface area contributed by atoms with Crippen LogP contribution in [0.1, 0.15) is 42.1 Å². The van der Waals surface area contributed by atoms with E-state index < -0.39 is 0 Å². The molecule has 0 aliphatic heterocycles. The van der Waals surface area contributed by atoms with Crippen molar-refractivity contribution in [1.82, 2.24) is 5.32 Å². The molecule has 1 aromatic rings. The van der Waals surface area contributed by atoms with Crippen LogP contribution in [0.4, 0.5) is 0 Å². The maximum absolute atomic E-state index is 11.8. The Bertz CT molecular complexity index is 344. The second-order valence-corrected chi connectivity index (χ2v) is 4.45. The molecule has 94 valence electrons. The summed E-state index contributed by atoms with van der Waals surface area (Å²) in [6, 6.07) is 7.77. The van der Waals surface area contributed by atoms with Crippen LogP contribution < -0.4 is 5.32 Å². The number of aliphatic hydroxyl groups is 1. The minimum absolute atomic E-state index is 0.0956. The molecule has 1 aromatic carbocycles. The quantitative estimate of drug-likeness (QED) is 0.561. The first-order valence-corrected chi connectivity index (χ1v) is 6.10. The van der Waals surface area contributed by atoms with Gasteiger partial charge in [-0.05, 0) is 24.4 Å². The zero-order chi connectivity index (χ0) is 12.7. The predicted molar refractivity (Wildman–Crippen MR) is 69.4 cm³/mol. The van der Waals surface area contributed by atoms with Crippen molar-refractivity contribution in [1.29, 1.82) is 0 Å². The minimum Gasteiger partial charge on any atom is -0.396 e. The average molecular weight is 235 g/mol. The first-order valence-electron chi connectivity index (χ1n) is 6.10. The van der Waals surface area contributed by atoms with Crippen molar-refractivity contribution in [3.8, 4) is 0 Å². The van der Waals surface area contributed by atoms with Crippen molar-refractivity contribution in [2.75, 3.05) is 19.7 Å². The van der Waals surface area contributed by atoms with Crippen molar-refractivity contribution in [3.63, 3.8) is 0 Å². The fourth-order valence-electron chi connectivity index (χ4n) is 1.56. The lowest BCUT2D eigenvalue weighted by atomic mass is 10.0. The second-order valence-electron chi connectivity index (χ2n) is 4.45. The lowest BCUT2D eigenvalue weighted by Crippen LogP contribution is -2.24. The van der Waals surface area contributed by atoms with Crippen molar-refractivity contribution in [2.24, 2.45) is 0 Å². The van der Waals surface area contributed by atoms with E-state index in [1.165, 1.54) is 5.56 Å². The van der Waals surface area contributed by atoms with Crippen LogP contribution in [0, 0.1) is 0 Å². The van der Waals surface area contributed by atoms with E-state index in [1.807, 2.05) is 24.3 Å². The smallest absolute Gasteiger partial charge is 0.176 e. The zero-order valence-electron chi connectivity index (χ0n) is 10.6. The van der Waals surface area contributed by atoms with E-state index >= 15 is 0 Å². The van der Waals surface area contributed by atoms with Gasteiger partial charge in [-0.15, -0.1) is 0 Å². The van der Waals surface area contributed by atoms with Gasteiger partial charge in [-0.25, -0.2) is 0 Å². The number of hydrogen-bond donors (Lipinski definition) is 2. The highest BCUT2D eigenvalue weighted by Gasteiger charge is 2.05. The molecular weight excluding hydrogens is 214 g/mol. The summed E-state index contributed by atoms with van der Waals surface area (Å²) in [6.07, 6.45) is 0.680. The van der Waals surface area contributed by atoms with Crippen LogP contribution in [0.15, 0.2) is 24.3 Å². The van der Waals surface area contributed by atoms with Gasteiger partial charge in [0, 0.05) is 12.2 Å². The summed E-state index contributed by atoms with van der Waals surface area (Å²) < 4.78 is 0. The molecule has 2 N–H and O–H groups in total. The number of carbonyl (C=O) groups excluding carboxylic acids is 1. The van der Waals surface area contributed by atoms with E-state index in [-0.39, 0.29) is 12.4 Å². The van der Waals surface area contributed by atoms with Crippen LogP contribution in [-0.2, 0) is 0 Å². The van der Waals surface area contributed by atoms with Gasteiger partial charge in [-0.1, -0.05) is 38.1 Å². The third kappa shape index (κ3) is 4.67. The normalized spacial score (nSPS) is 10.8. The number of rotatable bonds is 7. The van der Waals surface area contributed by atoms with E-state index in [9.17, 15) is 4.79 Å². The van der Waals surface area contributed by atoms with E-state index in [2.05, 4.69) is 19.2 Å². The third-order valence-corrected chi connectivity index (χ3v) is 2.70. The summed E-state index contributed by atoms with van der Waals surface area (Å²) in [7, 11) is 0. The summed E-state index contributed by atoms with van der Waals surface area (Å²) in [4.78, 5) is 11.8. The second kappa shape index (κ2) is 7.20. The molecule has 0 saturated heterocycles. The zero-order valence-corrected chi connectivity index (χ0v) is 10.6. The van der Waals surface area contributed by atoms with Crippen LogP contribution in [0.3, 0.4) is 0 Å². The van der Waals surface area contributed by atoms with Crippen LogP contribution in [0.5, 0.6) is 0 Å². The number of carbonyl (C=O) groups is 1. The van der Waals surface area contributed by atoms with Crippen LogP contribution in [0.25, 0.3) is 0 Å². The third-order valence-electron chi connectivity index (χ3n) is 2.70. The highest BCUT2D eigenvalue weighted by molar-refractivity contribution is 5.97. The summed E-state index contributed by atoms with van der Waals surface area (Å²) in [6.45, 7) is 5.43. The Balaban J connectivity index is 2.46. The Morgan fingerprint density at radius 3 is 2.47 bits per heavy atom. The Morgan fingerprint density at radius 2 is 1.94 bits per heavy atom. The molecule has 0 aliphatic rings. The number of benzene rings is 1. The van der Waals surface area contributed by atoms with Crippen molar-refractivity contribution in [3.05, 3.63) is 35.4 Å². The molecule has 1 rings (SSSR count). The molecule has 3 nitrogen and oxygen atoms in total. The Morgan fingerprint density at radius 1 is 1.29 bits per heavy atom. The summed E-state index contributed by atoms with van der Waals surface area (Å²) in [5.41, 5.74) is 1.99. The Kier molecular flexibility index (Phi) is 5.87. The van der Waals surface area contributed by atoms with Gasteiger partial charge in [-0.3, -0.25) is 4.79 Å². The fraction of sp³-hybridized carbons (Fsp3) is 0.500. The topological polar surface area (TPSA) is 49.3 Å². The van der Waals surface area contributed by atoms with Gasteiger partial charge in [0.05, 0.1) is 6.54 Å². The average Bonchev–Trinajstić information content (AvgIpc) is 2.34. The molecule has 0 heterocycles. The SMILES string of the molecule is CC(C)c1ccc(C(=O)CNCCCO)cc1. The van der Waals surface area contributed by atoms with Crippen LogP contribution in [0.2, 0.25) is 0 Å². The molecule has 0 amide bonds. The van der Waals surface area contributed by atoms with Gasteiger partial charge >= 0.3 is 0 Å². The summed E-state index contributed by atoms with van der Waals surface area (Å²) in [5.74, 6) is 0.583. The molecule has 0 fully saturated rings. The number of aliphatic hydroxyl groups excluding tert-OH is 1. The maximum Gasteiger partial charge on any atom is 0.176 e. The van der Waals surface area contributed by atoms with Crippen molar-refractivity contribution in [2.45, 2.75) is 26.2 Å². The minimum atomic E-state index is 0.0956. The molecule has 0 aliphatic carbocycles. The van der Waals surface area contributed by atoms with E-state index in [1.54, 1.807) is 0 Å². The highest BCUT2D eigenvalue weighted by atomic mass is 16.3. The molecular formula is C14H21NO2. The molecule has 17 heavy (non-hydrogen) atoms. The van der Waals surface area contributed by atoms with Crippen LogP contribution in [-0.4, -0.2) is 30.6 Å². The number of nitrogens with one attached hydrogen (secondary N) is 1. The molecule has 0 radical (unpaired) electrons. The molecule has 0 unspecified atom stereocenters. The molecule has 0 atom stereocenters. The highest BCUT2D eigenvalue weighted by Crippen LogP contribution is 2.14. The van der Waals surface area contributed by atoms with Gasteiger partial charge in [0.2, 0.25) is 0 Å². The van der Waals surface area contributed by atoms with Crippen molar-refractivity contribution >= 4 is 5.78 Å². The van der Waals surface area contributed by atoms with Gasteiger partial charge in [-0.2, -0.15) is 0 Å². The molecule has 0 aromatic heterocycles. The number of Topliss-reactive ketones (excluding diaryl/α,β-unsaturated/α-hetero) is 1. The lowest BCUT2D eigenvalue weighted by Gasteiger charge is -2.07. The molecule has 3 heteroatoms. The van der Waals surface area contributed by atoms with E-state index in [4.69, 9.17) is 5.11 Å². The monoisotopic (exact) mass is 235 g/mol. The van der Waals surface area contributed by atoms with Crippen LogP contribution >= 0.6 is 0 Å². The Labute approximate surface area is 103 Å². The fourth-order valence-corrected chi connectivity index (χ4v) is 1.56. The molecule has 0 bridgehead atoms. The van der Waals surface area contributed by atoms with E-state index in [0.717, 1.165) is 5.56 Å². The Hall–Kier alpha value is -1.19. The summed E-state index contributed by atoms with van der Waals surface area (Å²) >= 11 is 0. The van der Waals surface area contributed by atoms with E-state index in [0.29, 0.717) is 25.4 Å². The van der Waals surface area contributed by atoms with Gasteiger partial charge in [0.1, 0.15) is 0 Å². The number of ketones is 1. The molecule has 0 saturated carbocycles. The number of hydrogen-bond acceptors (Lipinski definition) is 3. The standard InChI is InChI=1S/C14H21NO2/c1-11(2)12-4-6-13(7-5-12)14(17)10-15-8-3-9-16/h4-7,11,15-16H,3,8-10H2,1-2H3. The van der Waals surface area contributed by atoms with Gasteiger partial charge in [0.25, 0.3) is 0 Å². The molecule has 0 spiro atoms. The summed E-state index contributed by atoms with van der Waals surface area (Å²) in [5, 5.41) is 11.6. The maximum atomic E-state index is 11.8. The van der Waals surface area contributed by atoms with Gasteiger partial charge in [0.15, 0.2) is 5.78 Å². The van der Waals surface area contributed by atoms with Gasteiger partial charge < -0.3 is 10.4 Å². The lowest BCUT2D eigenvalue weighted by molar-refractivity contribution is 0.0990. The first-order chi connectivity index (χ1) is 8.15. The largest absolute Gasteiger partial charge is 0.396 e.